The lowest BCUT2D eigenvalue weighted by Gasteiger charge is -2.38. The van der Waals surface area contributed by atoms with Gasteiger partial charge in [0.25, 0.3) is 0 Å². The zero-order chi connectivity index (χ0) is 9.78. The predicted octanol–water partition coefficient (Wildman–Crippen LogP) is -2.47. The summed E-state index contributed by atoms with van der Waals surface area (Å²) in [5, 5.41) is 12.7. The first kappa shape index (κ1) is 15.4. The largest absolute Gasteiger partial charge is 1.00 e. The maximum atomic E-state index is 9.46. The molecule has 2 unspecified atom stereocenters. The van der Waals surface area contributed by atoms with E-state index in [1.807, 2.05) is 20.2 Å². The fourth-order valence-corrected chi connectivity index (χ4v) is 0.813. The van der Waals surface area contributed by atoms with Crippen LogP contribution in [0.4, 0.5) is 0 Å². The number of hydrogen-bond acceptors (Lipinski definition) is 2. The summed E-state index contributed by atoms with van der Waals surface area (Å²) in [6, 6.07) is 0. The topological polar surface area (TPSA) is 32.3 Å². The molecule has 0 saturated heterocycles. The monoisotopic (exact) mass is 208 g/mol. The van der Waals surface area contributed by atoms with E-state index >= 15 is 0 Å². The van der Waals surface area contributed by atoms with Gasteiger partial charge in [0.05, 0.1) is 14.1 Å². The first-order chi connectivity index (χ1) is 5.42. The van der Waals surface area contributed by atoms with Crippen molar-refractivity contribution in [2.45, 2.75) is 26.2 Å². The molecule has 0 rings (SSSR count). The Morgan fingerprint density at radius 3 is 2.23 bits per heavy atom. The van der Waals surface area contributed by atoms with E-state index < -0.39 is 0 Å². The summed E-state index contributed by atoms with van der Waals surface area (Å²) in [5.74, 6) is 0. The molecule has 2 atom stereocenters. The summed E-state index contributed by atoms with van der Waals surface area (Å²) in [4.78, 5) is 0. The van der Waals surface area contributed by atoms with Gasteiger partial charge in [-0.3, -0.25) is 9.80 Å². The number of halogens is 1. The highest BCUT2D eigenvalue weighted by atomic mass is 35.5. The quantitative estimate of drug-likeness (QED) is 0.298. The molecule has 80 valence electrons. The number of nitrogens with one attached hydrogen (secondary N) is 1. The summed E-state index contributed by atoms with van der Waals surface area (Å²) in [5.41, 5.74) is 0. The van der Waals surface area contributed by atoms with Crippen molar-refractivity contribution < 1.29 is 22.0 Å². The lowest BCUT2D eigenvalue weighted by atomic mass is 10.3. The summed E-state index contributed by atoms with van der Waals surface area (Å²) in [7, 11) is 3.98. The van der Waals surface area contributed by atoms with Crippen molar-refractivity contribution in [1.29, 1.82) is 0 Å². The molecule has 13 heavy (non-hydrogen) atoms. The van der Waals surface area contributed by atoms with Crippen molar-refractivity contribution in [3.05, 3.63) is 12.7 Å². The standard InChI is InChI=1S/C9H21N2O.ClH/c1-6-7-10-8(2)11(4,5)9(3)12;/h6,8-10,12H,1,7H2,2-5H3;1H/q+1;/p-1. The van der Waals surface area contributed by atoms with Gasteiger partial charge in [0, 0.05) is 20.4 Å². The maximum Gasteiger partial charge on any atom is 0.188 e. The van der Waals surface area contributed by atoms with Crippen LogP contribution in [0.25, 0.3) is 0 Å². The van der Waals surface area contributed by atoms with E-state index in [-0.39, 0.29) is 24.8 Å². The molecular formula is C9H21ClN2O. The first-order valence-electron chi connectivity index (χ1n) is 4.28. The van der Waals surface area contributed by atoms with Crippen LogP contribution in [0, 0.1) is 0 Å². The zero-order valence-electron chi connectivity index (χ0n) is 8.92. The minimum absolute atomic E-state index is 0. The molecule has 0 aliphatic heterocycles. The molecule has 0 bridgehead atoms. The Morgan fingerprint density at radius 2 is 1.92 bits per heavy atom. The third kappa shape index (κ3) is 4.62. The Kier molecular flexibility index (Phi) is 7.55. The molecule has 0 aromatic rings. The molecule has 0 heterocycles. The van der Waals surface area contributed by atoms with Crippen molar-refractivity contribution in [3.63, 3.8) is 0 Å². The van der Waals surface area contributed by atoms with E-state index in [9.17, 15) is 5.11 Å². The second kappa shape index (κ2) is 6.38. The summed E-state index contributed by atoms with van der Waals surface area (Å²) in [6.07, 6.45) is 1.68. The SMILES string of the molecule is C=CCNC(C)[N+](C)(C)C(C)O.[Cl-]. The van der Waals surface area contributed by atoms with E-state index in [2.05, 4.69) is 18.8 Å². The predicted molar refractivity (Wildman–Crippen MR) is 51.5 cm³/mol. The van der Waals surface area contributed by atoms with Crippen molar-refractivity contribution >= 4 is 0 Å². The van der Waals surface area contributed by atoms with Crippen molar-refractivity contribution in [2.24, 2.45) is 0 Å². The number of quaternary nitrogens is 1. The van der Waals surface area contributed by atoms with Crippen LogP contribution in [0.2, 0.25) is 0 Å². The molecule has 0 aromatic carbocycles. The number of rotatable bonds is 5. The number of aliphatic hydroxyl groups is 1. The average molecular weight is 209 g/mol. The molecule has 0 saturated carbocycles. The van der Waals surface area contributed by atoms with Crippen LogP contribution in [0.15, 0.2) is 12.7 Å². The molecule has 0 radical (unpaired) electrons. The van der Waals surface area contributed by atoms with Crippen LogP contribution in [-0.2, 0) is 0 Å². The molecule has 0 aromatic heterocycles. The van der Waals surface area contributed by atoms with Crippen LogP contribution in [0.3, 0.4) is 0 Å². The molecular weight excluding hydrogens is 188 g/mol. The van der Waals surface area contributed by atoms with E-state index in [0.29, 0.717) is 4.48 Å². The zero-order valence-corrected chi connectivity index (χ0v) is 9.67. The Balaban J connectivity index is 0. The summed E-state index contributed by atoms with van der Waals surface area (Å²) < 4.78 is 0.549. The summed E-state index contributed by atoms with van der Waals surface area (Å²) in [6.45, 7) is 8.25. The van der Waals surface area contributed by atoms with Gasteiger partial charge in [-0.1, -0.05) is 6.08 Å². The van der Waals surface area contributed by atoms with Gasteiger partial charge in [0.2, 0.25) is 0 Å². The van der Waals surface area contributed by atoms with Gasteiger partial charge >= 0.3 is 0 Å². The molecule has 2 N–H and O–H groups in total. The summed E-state index contributed by atoms with van der Waals surface area (Å²) >= 11 is 0. The Hall–Kier alpha value is -0.0900. The second-order valence-corrected chi connectivity index (χ2v) is 3.63. The highest BCUT2D eigenvalue weighted by Gasteiger charge is 2.27. The van der Waals surface area contributed by atoms with E-state index in [1.165, 1.54) is 0 Å². The average Bonchev–Trinajstić information content (AvgIpc) is 1.99. The van der Waals surface area contributed by atoms with Crippen LogP contribution in [0.1, 0.15) is 13.8 Å². The molecule has 0 fully saturated rings. The molecule has 0 aliphatic rings. The Morgan fingerprint density at radius 1 is 1.46 bits per heavy atom. The first-order valence-corrected chi connectivity index (χ1v) is 4.28. The van der Waals surface area contributed by atoms with Gasteiger partial charge in [0.1, 0.15) is 6.17 Å². The smallest absolute Gasteiger partial charge is 0.188 e. The fraction of sp³-hybridized carbons (Fsp3) is 0.778. The van der Waals surface area contributed by atoms with Crippen LogP contribution in [0.5, 0.6) is 0 Å². The number of aliphatic hydroxyl groups excluding tert-OH is 1. The van der Waals surface area contributed by atoms with Crippen LogP contribution in [-0.4, -0.2) is 42.6 Å². The third-order valence-corrected chi connectivity index (χ3v) is 2.52. The van der Waals surface area contributed by atoms with Gasteiger partial charge in [-0.2, -0.15) is 0 Å². The Labute approximate surface area is 87.4 Å². The van der Waals surface area contributed by atoms with E-state index in [1.54, 1.807) is 6.92 Å². The van der Waals surface area contributed by atoms with E-state index in [4.69, 9.17) is 0 Å². The molecule has 0 amide bonds. The fourth-order valence-electron chi connectivity index (χ4n) is 0.813. The van der Waals surface area contributed by atoms with Gasteiger partial charge in [-0.25, -0.2) is 0 Å². The highest BCUT2D eigenvalue weighted by Crippen LogP contribution is 2.07. The van der Waals surface area contributed by atoms with Gasteiger partial charge < -0.3 is 17.5 Å². The van der Waals surface area contributed by atoms with Crippen molar-refractivity contribution in [1.82, 2.24) is 5.32 Å². The molecule has 0 aliphatic carbocycles. The van der Waals surface area contributed by atoms with Crippen molar-refractivity contribution in [2.75, 3.05) is 20.6 Å². The Bertz CT molecular complexity index is 149. The van der Waals surface area contributed by atoms with E-state index in [0.717, 1.165) is 6.54 Å². The minimum atomic E-state index is -0.364. The van der Waals surface area contributed by atoms with Crippen LogP contribution >= 0.6 is 0 Å². The number of hydrogen-bond donors (Lipinski definition) is 2. The number of nitrogens with zero attached hydrogens (tertiary/aromatic N) is 1. The van der Waals surface area contributed by atoms with Gasteiger partial charge in [-0.15, -0.1) is 6.58 Å². The third-order valence-electron chi connectivity index (χ3n) is 2.52. The lowest BCUT2D eigenvalue weighted by molar-refractivity contribution is -0.958. The van der Waals surface area contributed by atoms with Crippen LogP contribution < -0.4 is 17.7 Å². The maximum absolute atomic E-state index is 9.46. The molecule has 4 heteroatoms. The molecule has 3 nitrogen and oxygen atoms in total. The minimum Gasteiger partial charge on any atom is -1.00 e. The normalized spacial score (nSPS) is 15.8. The second-order valence-electron chi connectivity index (χ2n) is 3.63. The molecule has 0 spiro atoms. The van der Waals surface area contributed by atoms with Gasteiger partial charge in [-0.05, 0) is 0 Å². The highest BCUT2D eigenvalue weighted by molar-refractivity contribution is 4.70. The van der Waals surface area contributed by atoms with Gasteiger partial charge in [0.15, 0.2) is 6.23 Å². The lowest BCUT2D eigenvalue weighted by Crippen LogP contribution is -3.00. The van der Waals surface area contributed by atoms with Crippen molar-refractivity contribution in [3.8, 4) is 0 Å².